The molecule has 0 aliphatic rings. The lowest BCUT2D eigenvalue weighted by atomic mass is 9.81. The molecule has 2 heteroatoms. The molecule has 0 aliphatic heterocycles. The number of hydrogen-bond donors (Lipinski definition) is 1. The first kappa shape index (κ1) is 16.0. The van der Waals surface area contributed by atoms with Crippen molar-refractivity contribution in [3.8, 4) is 5.75 Å². The fourth-order valence-corrected chi connectivity index (χ4v) is 2.87. The van der Waals surface area contributed by atoms with E-state index in [2.05, 4.69) is 40.7 Å². The Balaban J connectivity index is 3.18. The molecule has 0 fully saturated rings. The molecule has 0 aromatic heterocycles. The Morgan fingerprint density at radius 2 is 1.79 bits per heavy atom. The third kappa shape index (κ3) is 3.50. The van der Waals surface area contributed by atoms with Crippen LogP contribution >= 0.6 is 0 Å². The first-order valence-electron chi connectivity index (χ1n) is 7.37. The van der Waals surface area contributed by atoms with Gasteiger partial charge in [-0.1, -0.05) is 13.8 Å². The van der Waals surface area contributed by atoms with Gasteiger partial charge in [0.25, 0.3) is 0 Å². The second-order valence-electron chi connectivity index (χ2n) is 5.63. The summed E-state index contributed by atoms with van der Waals surface area (Å²) in [6, 6.07) is 2.19. The van der Waals surface area contributed by atoms with Crippen LogP contribution in [0.2, 0.25) is 0 Å². The zero-order chi connectivity index (χ0) is 14.6. The highest BCUT2D eigenvalue weighted by Gasteiger charge is 2.20. The van der Waals surface area contributed by atoms with Gasteiger partial charge in [-0.05, 0) is 80.8 Å². The standard InChI is InChI=1S/C17H29NO/c1-7-19-16-10-12(3)17(15(6)14(16)5)13(4)11(2)8-9-18/h10-11,13H,7-9,18H2,1-6H3. The molecule has 2 unspecified atom stereocenters. The third-order valence-electron chi connectivity index (χ3n) is 4.34. The van der Waals surface area contributed by atoms with Crippen molar-refractivity contribution >= 4 is 0 Å². The van der Waals surface area contributed by atoms with Gasteiger partial charge in [0.15, 0.2) is 0 Å². The minimum Gasteiger partial charge on any atom is -0.494 e. The van der Waals surface area contributed by atoms with Crippen LogP contribution in [0.15, 0.2) is 6.07 Å². The molecule has 0 bridgehead atoms. The summed E-state index contributed by atoms with van der Waals surface area (Å²) in [6.07, 6.45) is 1.08. The van der Waals surface area contributed by atoms with Crippen LogP contribution in [0.3, 0.4) is 0 Å². The minimum atomic E-state index is 0.540. The molecule has 2 nitrogen and oxygen atoms in total. The number of nitrogens with two attached hydrogens (primary N) is 1. The van der Waals surface area contributed by atoms with Crippen molar-refractivity contribution in [3.63, 3.8) is 0 Å². The Kier molecular flexibility index (Phi) is 5.86. The first-order valence-corrected chi connectivity index (χ1v) is 7.37. The summed E-state index contributed by atoms with van der Waals surface area (Å²) in [6.45, 7) is 14.7. The average Bonchev–Trinajstić information content (AvgIpc) is 2.36. The fraction of sp³-hybridized carbons (Fsp3) is 0.647. The van der Waals surface area contributed by atoms with Crippen LogP contribution in [0, 0.1) is 26.7 Å². The molecule has 2 N–H and O–H groups in total. The van der Waals surface area contributed by atoms with E-state index in [1.165, 1.54) is 22.3 Å². The number of hydrogen-bond acceptors (Lipinski definition) is 2. The summed E-state index contributed by atoms with van der Waals surface area (Å²) in [5.74, 6) is 2.18. The van der Waals surface area contributed by atoms with Gasteiger partial charge in [-0.25, -0.2) is 0 Å². The highest BCUT2D eigenvalue weighted by Crippen LogP contribution is 2.36. The molecule has 0 saturated heterocycles. The van der Waals surface area contributed by atoms with Crippen molar-refractivity contribution in [1.82, 2.24) is 0 Å². The molecule has 19 heavy (non-hydrogen) atoms. The van der Waals surface area contributed by atoms with Crippen LogP contribution < -0.4 is 10.5 Å². The van der Waals surface area contributed by atoms with Gasteiger partial charge >= 0.3 is 0 Å². The van der Waals surface area contributed by atoms with Gasteiger partial charge in [-0.15, -0.1) is 0 Å². The van der Waals surface area contributed by atoms with Crippen LogP contribution in [0.4, 0.5) is 0 Å². The molecule has 1 aromatic carbocycles. The van der Waals surface area contributed by atoms with Gasteiger partial charge in [0, 0.05) is 0 Å². The van der Waals surface area contributed by atoms with E-state index in [0.29, 0.717) is 11.8 Å². The molecular weight excluding hydrogens is 234 g/mol. The summed E-state index contributed by atoms with van der Waals surface area (Å²) >= 11 is 0. The molecule has 1 rings (SSSR count). The molecule has 1 aromatic rings. The quantitative estimate of drug-likeness (QED) is 0.838. The molecule has 0 radical (unpaired) electrons. The lowest BCUT2D eigenvalue weighted by Gasteiger charge is -2.26. The van der Waals surface area contributed by atoms with Crippen LogP contribution in [0.25, 0.3) is 0 Å². The maximum absolute atomic E-state index is 5.72. The van der Waals surface area contributed by atoms with Crippen molar-refractivity contribution in [3.05, 3.63) is 28.3 Å². The summed E-state index contributed by atoms with van der Waals surface area (Å²) < 4.78 is 5.72. The lowest BCUT2D eigenvalue weighted by molar-refractivity contribution is 0.337. The van der Waals surface area contributed by atoms with E-state index in [0.717, 1.165) is 25.3 Å². The smallest absolute Gasteiger partial charge is 0.122 e. The Morgan fingerprint density at radius 3 is 2.32 bits per heavy atom. The maximum Gasteiger partial charge on any atom is 0.122 e. The Labute approximate surface area is 118 Å². The summed E-state index contributed by atoms with van der Waals surface area (Å²) in [5, 5.41) is 0. The number of aryl methyl sites for hydroxylation is 1. The van der Waals surface area contributed by atoms with E-state index in [1.54, 1.807) is 0 Å². The average molecular weight is 263 g/mol. The Morgan fingerprint density at radius 1 is 1.16 bits per heavy atom. The molecule has 108 valence electrons. The minimum absolute atomic E-state index is 0.540. The Hall–Kier alpha value is -1.02. The van der Waals surface area contributed by atoms with E-state index < -0.39 is 0 Å². The van der Waals surface area contributed by atoms with Gasteiger partial charge in [0.05, 0.1) is 6.61 Å². The van der Waals surface area contributed by atoms with Crippen molar-refractivity contribution < 1.29 is 4.74 Å². The van der Waals surface area contributed by atoms with Crippen molar-refractivity contribution in [2.75, 3.05) is 13.2 Å². The zero-order valence-electron chi connectivity index (χ0n) is 13.3. The van der Waals surface area contributed by atoms with E-state index in [-0.39, 0.29) is 0 Å². The maximum atomic E-state index is 5.72. The predicted molar refractivity (Wildman–Crippen MR) is 83.1 cm³/mol. The second kappa shape index (κ2) is 6.95. The van der Waals surface area contributed by atoms with E-state index in [1.807, 2.05) is 6.92 Å². The van der Waals surface area contributed by atoms with Gasteiger partial charge in [-0.3, -0.25) is 0 Å². The van der Waals surface area contributed by atoms with Gasteiger partial charge in [0.1, 0.15) is 5.75 Å². The van der Waals surface area contributed by atoms with Crippen LogP contribution in [0.1, 0.15) is 55.4 Å². The van der Waals surface area contributed by atoms with Crippen LogP contribution in [0.5, 0.6) is 5.75 Å². The van der Waals surface area contributed by atoms with Gasteiger partial charge in [-0.2, -0.15) is 0 Å². The largest absolute Gasteiger partial charge is 0.494 e. The van der Waals surface area contributed by atoms with Crippen molar-refractivity contribution in [2.24, 2.45) is 11.7 Å². The molecule has 0 heterocycles. The molecule has 0 aliphatic carbocycles. The van der Waals surface area contributed by atoms with Crippen LogP contribution in [-0.4, -0.2) is 13.2 Å². The van der Waals surface area contributed by atoms with Crippen LogP contribution in [-0.2, 0) is 0 Å². The molecule has 0 amide bonds. The zero-order valence-corrected chi connectivity index (χ0v) is 13.3. The highest BCUT2D eigenvalue weighted by atomic mass is 16.5. The van der Waals surface area contributed by atoms with Gasteiger partial charge < -0.3 is 10.5 Å². The normalized spacial score (nSPS) is 14.3. The van der Waals surface area contributed by atoms with Crippen molar-refractivity contribution in [2.45, 2.75) is 53.9 Å². The Bertz CT molecular complexity index is 426. The topological polar surface area (TPSA) is 35.2 Å². The van der Waals surface area contributed by atoms with Crippen molar-refractivity contribution in [1.29, 1.82) is 0 Å². The van der Waals surface area contributed by atoms with E-state index >= 15 is 0 Å². The SMILES string of the molecule is CCOc1cc(C)c(C(C)C(C)CCN)c(C)c1C. The lowest BCUT2D eigenvalue weighted by Crippen LogP contribution is -2.14. The summed E-state index contributed by atoms with van der Waals surface area (Å²) in [7, 11) is 0. The summed E-state index contributed by atoms with van der Waals surface area (Å²) in [5.41, 5.74) is 11.2. The van der Waals surface area contributed by atoms with Gasteiger partial charge in [0.2, 0.25) is 0 Å². The molecular formula is C17H29NO. The predicted octanol–water partition coefficient (Wildman–Crippen LogP) is 4.10. The monoisotopic (exact) mass is 263 g/mol. The fourth-order valence-electron chi connectivity index (χ4n) is 2.87. The molecule has 0 saturated carbocycles. The summed E-state index contributed by atoms with van der Waals surface area (Å²) in [4.78, 5) is 0. The third-order valence-corrected chi connectivity index (χ3v) is 4.34. The van der Waals surface area contributed by atoms with E-state index in [9.17, 15) is 0 Å². The molecule has 2 atom stereocenters. The number of benzene rings is 1. The highest BCUT2D eigenvalue weighted by molar-refractivity contribution is 5.49. The first-order chi connectivity index (χ1) is 8.93. The van der Waals surface area contributed by atoms with E-state index in [4.69, 9.17) is 10.5 Å². The molecule has 0 spiro atoms. The second-order valence-corrected chi connectivity index (χ2v) is 5.63. The number of ether oxygens (including phenoxy) is 1. The number of rotatable bonds is 6.